The van der Waals surface area contributed by atoms with Crippen LogP contribution < -0.4 is 38.8 Å². The quantitative estimate of drug-likeness (QED) is 0.0644. The summed E-state index contributed by atoms with van der Waals surface area (Å²) < 4.78 is 63.1. The van der Waals surface area contributed by atoms with Crippen LogP contribution in [0.15, 0.2) is 60.9 Å². The van der Waals surface area contributed by atoms with E-state index in [1.807, 2.05) is 18.2 Å². The molecular weight excluding hydrogens is 836 g/mol. The molecule has 0 bridgehead atoms. The maximum absolute atomic E-state index is 13.5. The van der Waals surface area contributed by atoms with Crippen LogP contribution in [-0.4, -0.2) is 98.5 Å². The first kappa shape index (κ1) is 45.1. The third-order valence-corrected chi connectivity index (χ3v) is 10.7. The van der Waals surface area contributed by atoms with Gasteiger partial charge in [-0.05, 0) is 78.4 Å². The van der Waals surface area contributed by atoms with Gasteiger partial charge < -0.3 is 43.6 Å². The number of benzene rings is 4. The number of nitrogens with one attached hydrogen (secondary N) is 2. The van der Waals surface area contributed by atoms with Gasteiger partial charge in [0.1, 0.15) is 23.7 Å². The van der Waals surface area contributed by atoms with Crippen molar-refractivity contribution in [2.24, 2.45) is 0 Å². The lowest BCUT2D eigenvalue weighted by molar-refractivity contribution is -0.119. The maximum Gasteiger partial charge on any atom is 0.524 e. The summed E-state index contributed by atoms with van der Waals surface area (Å²) in [6.45, 7) is 6.42. The number of phosphoric acid groups is 1. The Morgan fingerprint density at radius 1 is 0.951 bits per heavy atom. The van der Waals surface area contributed by atoms with Crippen LogP contribution in [0.3, 0.4) is 0 Å². The molecule has 1 amide bonds. The average molecular weight is 884 g/mol. The number of morpholine rings is 1. The van der Waals surface area contributed by atoms with Crippen LogP contribution in [-0.2, 0) is 20.5 Å². The number of carbonyl (C=O) groups excluding carboxylic acids is 1. The number of hydrogen-bond acceptors (Lipinski definition) is 13. The number of carbonyl (C=O) groups is 1. The first-order chi connectivity index (χ1) is 29.3. The topological polar surface area (TPSA) is 192 Å². The van der Waals surface area contributed by atoms with Gasteiger partial charge in [-0.25, -0.2) is 18.9 Å². The van der Waals surface area contributed by atoms with Gasteiger partial charge >= 0.3 is 7.82 Å². The molecule has 16 nitrogen and oxygen atoms in total. The van der Waals surface area contributed by atoms with Crippen molar-refractivity contribution in [3.8, 4) is 45.6 Å². The van der Waals surface area contributed by atoms with Crippen molar-refractivity contribution in [1.29, 1.82) is 0 Å². The molecule has 7 rings (SSSR count). The minimum Gasteiger partial charge on any atom is -0.493 e. The molecule has 4 aromatic carbocycles. The predicted octanol–water partition coefficient (Wildman–Crippen LogP) is 7.25. The molecule has 0 spiro atoms. The van der Waals surface area contributed by atoms with Crippen LogP contribution >= 0.6 is 19.4 Å². The number of fused-ring (bicyclic) bond motifs is 4. The van der Waals surface area contributed by atoms with E-state index in [1.165, 1.54) is 51.7 Å². The molecule has 326 valence electrons. The number of amides is 1. The predicted molar refractivity (Wildman–Crippen MR) is 227 cm³/mol. The van der Waals surface area contributed by atoms with E-state index in [4.69, 9.17) is 44.5 Å². The van der Waals surface area contributed by atoms with Crippen LogP contribution in [0.25, 0.3) is 22.0 Å². The molecule has 2 heterocycles. The molecule has 2 aliphatic rings. The second-order valence-electron chi connectivity index (χ2n) is 14.0. The smallest absolute Gasteiger partial charge is 0.493 e. The lowest BCUT2D eigenvalue weighted by Gasteiger charge is -2.26. The van der Waals surface area contributed by atoms with Gasteiger partial charge in [-0.1, -0.05) is 17.7 Å². The molecule has 1 aliphatic heterocycles. The Morgan fingerprint density at radius 3 is 2.38 bits per heavy atom. The van der Waals surface area contributed by atoms with Crippen molar-refractivity contribution in [1.82, 2.24) is 20.2 Å². The van der Waals surface area contributed by atoms with E-state index in [0.29, 0.717) is 70.8 Å². The molecule has 61 heavy (non-hydrogen) atoms. The van der Waals surface area contributed by atoms with Gasteiger partial charge in [-0.3, -0.25) is 19.5 Å². The molecule has 1 aliphatic carbocycles. The SMILES string of the molecule is COc1cc2c(c(OC)c1OC)-c1ccc(OP(=O)(O)O)cc1[C@@H](NC(C)=O)CC2.COc1cc2ncnc(Nc3ccc(F)c(Cl)c3)c2cc1OCCCN1CCOCC1. The highest BCUT2D eigenvalue weighted by Crippen LogP contribution is 2.51. The molecule has 1 atom stereocenters. The molecule has 4 N–H and O–H groups in total. The second-order valence-corrected chi connectivity index (χ2v) is 15.5. The summed E-state index contributed by atoms with van der Waals surface area (Å²) in [4.78, 5) is 41.2. The van der Waals surface area contributed by atoms with Gasteiger partial charge in [0.25, 0.3) is 0 Å². The molecule has 1 fully saturated rings. The summed E-state index contributed by atoms with van der Waals surface area (Å²) in [5.74, 6) is 2.51. The van der Waals surface area contributed by atoms with Crippen LogP contribution in [0.5, 0.6) is 34.5 Å². The summed E-state index contributed by atoms with van der Waals surface area (Å²) in [7, 11) is 1.45. The van der Waals surface area contributed by atoms with Crippen molar-refractivity contribution in [2.45, 2.75) is 32.2 Å². The normalized spacial score (nSPS) is 14.9. The van der Waals surface area contributed by atoms with Crippen LogP contribution in [0.4, 0.5) is 15.9 Å². The second kappa shape index (κ2) is 20.4. The highest BCUT2D eigenvalue weighted by Gasteiger charge is 2.30. The number of ether oxygens (including phenoxy) is 6. The molecule has 0 unspecified atom stereocenters. The summed E-state index contributed by atoms with van der Waals surface area (Å²) in [5, 5.41) is 6.87. The van der Waals surface area contributed by atoms with E-state index < -0.39 is 19.7 Å². The first-order valence-corrected chi connectivity index (χ1v) is 21.2. The molecule has 1 saturated heterocycles. The van der Waals surface area contributed by atoms with Crippen molar-refractivity contribution in [3.63, 3.8) is 0 Å². The molecule has 0 saturated carbocycles. The zero-order chi connectivity index (χ0) is 43.7. The monoisotopic (exact) mass is 883 g/mol. The van der Waals surface area contributed by atoms with Gasteiger partial charge in [0.15, 0.2) is 23.0 Å². The summed E-state index contributed by atoms with van der Waals surface area (Å²) in [5.41, 5.74) is 4.40. The fourth-order valence-corrected chi connectivity index (χ4v) is 7.81. The van der Waals surface area contributed by atoms with E-state index in [1.54, 1.807) is 26.4 Å². The van der Waals surface area contributed by atoms with Crippen molar-refractivity contribution in [2.75, 3.05) is 73.2 Å². The van der Waals surface area contributed by atoms with Crippen LogP contribution in [0, 0.1) is 5.82 Å². The lowest BCUT2D eigenvalue weighted by atomic mass is 9.93. The van der Waals surface area contributed by atoms with Gasteiger partial charge in [-0.2, -0.15) is 0 Å². The molecule has 0 radical (unpaired) electrons. The minimum absolute atomic E-state index is 0.000305. The maximum atomic E-state index is 13.5. The number of phosphoric ester groups is 1. The van der Waals surface area contributed by atoms with Crippen LogP contribution in [0.2, 0.25) is 5.02 Å². The fraction of sp³-hybridized carbons (Fsp3) is 0.357. The van der Waals surface area contributed by atoms with E-state index >= 15 is 0 Å². The number of nitrogens with zero attached hydrogens (tertiary/aromatic N) is 3. The van der Waals surface area contributed by atoms with Crippen molar-refractivity contribution >= 4 is 47.7 Å². The standard InChI is InChI=1S/C22H24ClFN4O3.C20H24NO8P/c1-29-20-13-19-16(12-21(20)31-8-2-5-28-6-9-30-10-7-28)22(26-14-25-19)27-15-3-4-18(24)17(23)11-15;1-11(22)21-16-8-5-12-9-17(26-2)19(27-3)20(28-4)18(12)14-7-6-13(10-15(14)16)29-30(23,24)25/h3-4,11-14H,2,5-10H2,1H3,(H,25,26,27);6-7,9-10,16H,5,8H2,1-4H3,(H,21,22)(H2,23,24,25)/t;16-/m.0/s1. The molecule has 1 aromatic heterocycles. The van der Waals surface area contributed by atoms with E-state index in [-0.39, 0.29) is 16.7 Å². The number of aromatic nitrogens is 2. The Bertz CT molecular complexity index is 2400. The Kier molecular flexibility index (Phi) is 15.1. The fourth-order valence-electron chi connectivity index (χ4n) is 7.24. The molecule has 19 heteroatoms. The van der Waals surface area contributed by atoms with Crippen LogP contribution in [0.1, 0.15) is 36.9 Å². The van der Waals surface area contributed by atoms with Gasteiger partial charge in [0.05, 0.1) is 64.8 Å². The van der Waals surface area contributed by atoms with Crippen molar-refractivity contribution in [3.05, 3.63) is 82.9 Å². The van der Waals surface area contributed by atoms with E-state index in [2.05, 4.69) is 25.5 Å². The molecule has 5 aromatic rings. The third kappa shape index (κ3) is 11.3. The Morgan fingerprint density at radius 2 is 1.70 bits per heavy atom. The Hall–Kier alpha value is -5.42. The van der Waals surface area contributed by atoms with E-state index in [9.17, 15) is 23.5 Å². The number of anilines is 2. The number of aryl methyl sites for hydroxylation is 1. The highest BCUT2D eigenvalue weighted by atomic mass is 35.5. The molecular formula is C42H48ClFN5O11P. The highest BCUT2D eigenvalue weighted by molar-refractivity contribution is 7.46. The largest absolute Gasteiger partial charge is 0.524 e. The number of hydrogen-bond donors (Lipinski definition) is 4. The number of rotatable bonds is 14. The number of methoxy groups -OCH3 is 4. The zero-order valence-corrected chi connectivity index (χ0v) is 36.0. The number of halogens is 2. The Balaban J connectivity index is 0.000000204. The van der Waals surface area contributed by atoms with Gasteiger partial charge in [0, 0.05) is 49.3 Å². The van der Waals surface area contributed by atoms with E-state index in [0.717, 1.165) is 61.3 Å². The summed E-state index contributed by atoms with van der Waals surface area (Å²) in [6.07, 6.45) is 3.50. The Labute approximate surface area is 357 Å². The summed E-state index contributed by atoms with van der Waals surface area (Å²) >= 11 is 5.90. The zero-order valence-electron chi connectivity index (χ0n) is 34.3. The van der Waals surface area contributed by atoms with Crippen molar-refractivity contribution < 1.29 is 56.5 Å². The van der Waals surface area contributed by atoms with Gasteiger partial charge in [0.2, 0.25) is 11.7 Å². The first-order valence-electron chi connectivity index (χ1n) is 19.3. The summed E-state index contributed by atoms with van der Waals surface area (Å²) in [6, 6.07) is 14.2. The van der Waals surface area contributed by atoms with Gasteiger partial charge in [-0.15, -0.1) is 0 Å². The third-order valence-electron chi connectivity index (χ3n) is 9.97. The lowest BCUT2D eigenvalue weighted by Crippen LogP contribution is -2.37. The minimum atomic E-state index is -4.74. The average Bonchev–Trinajstić information content (AvgIpc) is 3.38.